The monoisotopic (exact) mass is 263 g/mol. The van der Waals surface area contributed by atoms with E-state index in [-0.39, 0.29) is 6.04 Å². The molecule has 1 atom stereocenters. The van der Waals surface area contributed by atoms with Gasteiger partial charge < -0.3 is 10.2 Å². The Balaban J connectivity index is 1.75. The lowest BCUT2D eigenvalue weighted by Crippen LogP contribution is -2.12. The fourth-order valence-electron chi connectivity index (χ4n) is 2.28. The molecule has 0 amide bonds. The van der Waals surface area contributed by atoms with Gasteiger partial charge in [-0.3, -0.25) is 0 Å². The van der Waals surface area contributed by atoms with Crippen LogP contribution >= 0.6 is 0 Å². The van der Waals surface area contributed by atoms with Crippen LogP contribution in [-0.2, 0) is 6.42 Å². The number of hydrogen-bond acceptors (Lipinski definition) is 2. The van der Waals surface area contributed by atoms with Crippen molar-refractivity contribution in [3.63, 3.8) is 0 Å². The van der Waals surface area contributed by atoms with Gasteiger partial charge in [-0.25, -0.2) is 0 Å². The molecule has 20 heavy (non-hydrogen) atoms. The number of benzene rings is 2. The van der Waals surface area contributed by atoms with E-state index in [9.17, 15) is 0 Å². The normalized spacial score (nSPS) is 12.2. The van der Waals surface area contributed by atoms with E-state index in [1.54, 1.807) is 0 Å². The Morgan fingerprint density at radius 1 is 0.800 bits per heavy atom. The maximum atomic E-state index is 6.21. The van der Waals surface area contributed by atoms with Gasteiger partial charge in [0.25, 0.3) is 0 Å². The molecule has 3 rings (SSSR count). The van der Waals surface area contributed by atoms with E-state index >= 15 is 0 Å². The third kappa shape index (κ3) is 2.81. The number of nitrogens with two attached hydrogens (primary N) is 1. The summed E-state index contributed by atoms with van der Waals surface area (Å²) in [6, 6.07) is 24.2. The van der Waals surface area contributed by atoms with Gasteiger partial charge in [-0.05, 0) is 17.7 Å². The molecule has 0 fully saturated rings. The van der Waals surface area contributed by atoms with Crippen LogP contribution in [0.15, 0.2) is 77.2 Å². The lowest BCUT2D eigenvalue weighted by molar-refractivity contribution is 0.499. The summed E-state index contributed by atoms with van der Waals surface area (Å²) in [5.74, 6) is 1.81. The van der Waals surface area contributed by atoms with Crippen LogP contribution < -0.4 is 5.73 Å². The van der Waals surface area contributed by atoms with Crippen molar-refractivity contribution in [2.75, 3.05) is 0 Å². The molecule has 2 nitrogen and oxygen atoms in total. The largest absolute Gasteiger partial charge is 0.461 e. The minimum Gasteiger partial charge on any atom is -0.461 e. The van der Waals surface area contributed by atoms with Crippen LogP contribution in [0.2, 0.25) is 0 Å². The average Bonchev–Trinajstić information content (AvgIpc) is 2.97. The van der Waals surface area contributed by atoms with Crippen LogP contribution in [0.1, 0.15) is 17.4 Å². The first-order chi connectivity index (χ1) is 9.83. The van der Waals surface area contributed by atoms with Crippen molar-refractivity contribution in [3.8, 4) is 11.3 Å². The second-order valence-electron chi connectivity index (χ2n) is 4.85. The van der Waals surface area contributed by atoms with Crippen LogP contribution in [0.4, 0.5) is 0 Å². The molecule has 0 aliphatic heterocycles. The minimum absolute atomic E-state index is 0.0361. The Morgan fingerprint density at radius 3 is 2.15 bits per heavy atom. The summed E-state index contributed by atoms with van der Waals surface area (Å²) in [5, 5.41) is 0. The van der Waals surface area contributed by atoms with Crippen LogP contribution in [-0.4, -0.2) is 0 Å². The Labute approximate surface area is 118 Å². The molecule has 0 aliphatic rings. The molecule has 0 bridgehead atoms. The van der Waals surface area contributed by atoms with Crippen LogP contribution in [0, 0.1) is 0 Å². The summed E-state index contributed by atoms with van der Waals surface area (Å²) in [5.41, 5.74) is 8.43. The summed E-state index contributed by atoms with van der Waals surface area (Å²) in [6.07, 6.45) is 0.705. The standard InChI is InChI=1S/C18H17NO/c19-17(14-7-3-1-4-8-14)13-16-11-12-18(20-16)15-9-5-2-6-10-15/h1-12,17H,13,19H2. The molecule has 3 aromatic rings. The highest BCUT2D eigenvalue weighted by molar-refractivity contribution is 5.57. The lowest BCUT2D eigenvalue weighted by Gasteiger charge is -2.09. The van der Waals surface area contributed by atoms with Gasteiger partial charge in [0.2, 0.25) is 0 Å². The van der Waals surface area contributed by atoms with Gasteiger partial charge in [0.15, 0.2) is 0 Å². The molecule has 0 aliphatic carbocycles. The second kappa shape index (κ2) is 5.76. The second-order valence-corrected chi connectivity index (χ2v) is 4.85. The zero-order chi connectivity index (χ0) is 13.8. The van der Waals surface area contributed by atoms with Crippen molar-refractivity contribution in [3.05, 3.63) is 84.1 Å². The molecule has 2 aromatic carbocycles. The van der Waals surface area contributed by atoms with Crippen LogP contribution in [0.5, 0.6) is 0 Å². The molecule has 0 saturated heterocycles. The van der Waals surface area contributed by atoms with Crippen LogP contribution in [0.25, 0.3) is 11.3 Å². The molecule has 0 saturated carbocycles. The molecule has 2 heteroatoms. The molecule has 1 unspecified atom stereocenters. The van der Waals surface area contributed by atoms with E-state index in [1.165, 1.54) is 0 Å². The summed E-state index contributed by atoms with van der Waals surface area (Å²) < 4.78 is 5.88. The highest BCUT2D eigenvalue weighted by atomic mass is 16.3. The van der Waals surface area contributed by atoms with Crippen LogP contribution in [0.3, 0.4) is 0 Å². The lowest BCUT2D eigenvalue weighted by atomic mass is 10.0. The first-order valence-corrected chi connectivity index (χ1v) is 6.77. The van der Waals surface area contributed by atoms with Crippen molar-refractivity contribution in [1.82, 2.24) is 0 Å². The fraction of sp³-hybridized carbons (Fsp3) is 0.111. The van der Waals surface area contributed by atoms with Gasteiger partial charge in [0.1, 0.15) is 11.5 Å². The van der Waals surface area contributed by atoms with Crippen molar-refractivity contribution in [2.45, 2.75) is 12.5 Å². The molecule has 2 N–H and O–H groups in total. The average molecular weight is 263 g/mol. The maximum absolute atomic E-state index is 6.21. The molecule has 1 aromatic heterocycles. The Bertz CT molecular complexity index is 658. The topological polar surface area (TPSA) is 39.2 Å². The van der Waals surface area contributed by atoms with E-state index in [0.29, 0.717) is 6.42 Å². The summed E-state index contributed by atoms with van der Waals surface area (Å²) in [7, 11) is 0. The van der Waals surface area contributed by atoms with Gasteiger partial charge in [-0.2, -0.15) is 0 Å². The van der Waals surface area contributed by atoms with Crippen molar-refractivity contribution < 1.29 is 4.42 Å². The molecular formula is C18H17NO. The first kappa shape index (κ1) is 12.7. The minimum atomic E-state index is -0.0361. The summed E-state index contributed by atoms with van der Waals surface area (Å²) in [4.78, 5) is 0. The van der Waals surface area contributed by atoms with Gasteiger partial charge >= 0.3 is 0 Å². The predicted molar refractivity (Wildman–Crippen MR) is 81.2 cm³/mol. The molecular weight excluding hydrogens is 246 g/mol. The Kier molecular flexibility index (Phi) is 3.66. The maximum Gasteiger partial charge on any atom is 0.134 e. The first-order valence-electron chi connectivity index (χ1n) is 6.77. The smallest absolute Gasteiger partial charge is 0.134 e. The highest BCUT2D eigenvalue weighted by Crippen LogP contribution is 2.24. The highest BCUT2D eigenvalue weighted by Gasteiger charge is 2.10. The van der Waals surface area contributed by atoms with Crippen molar-refractivity contribution in [1.29, 1.82) is 0 Å². The quantitative estimate of drug-likeness (QED) is 0.766. The van der Waals surface area contributed by atoms with Crippen molar-refractivity contribution >= 4 is 0 Å². The summed E-state index contributed by atoms with van der Waals surface area (Å²) >= 11 is 0. The molecule has 1 heterocycles. The van der Waals surface area contributed by atoms with E-state index < -0.39 is 0 Å². The summed E-state index contributed by atoms with van der Waals surface area (Å²) in [6.45, 7) is 0. The zero-order valence-corrected chi connectivity index (χ0v) is 11.2. The third-order valence-electron chi connectivity index (χ3n) is 3.37. The van der Waals surface area contributed by atoms with E-state index in [0.717, 1.165) is 22.6 Å². The molecule has 0 spiro atoms. The SMILES string of the molecule is NC(Cc1ccc(-c2ccccc2)o1)c1ccccc1. The van der Waals surface area contributed by atoms with Gasteiger partial charge in [-0.1, -0.05) is 60.7 Å². The Morgan fingerprint density at radius 2 is 1.45 bits per heavy atom. The van der Waals surface area contributed by atoms with E-state index in [2.05, 4.69) is 0 Å². The predicted octanol–water partition coefficient (Wildman–Crippen LogP) is 4.19. The Hall–Kier alpha value is -2.32. The van der Waals surface area contributed by atoms with Gasteiger partial charge in [0, 0.05) is 18.0 Å². The van der Waals surface area contributed by atoms with Gasteiger partial charge in [-0.15, -0.1) is 0 Å². The number of hydrogen-bond donors (Lipinski definition) is 1. The molecule has 0 radical (unpaired) electrons. The third-order valence-corrected chi connectivity index (χ3v) is 3.37. The zero-order valence-electron chi connectivity index (χ0n) is 11.2. The van der Waals surface area contributed by atoms with E-state index in [4.69, 9.17) is 10.2 Å². The van der Waals surface area contributed by atoms with Crippen molar-refractivity contribution in [2.24, 2.45) is 5.73 Å². The van der Waals surface area contributed by atoms with Gasteiger partial charge in [0.05, 0.1) is 0 Å². The molecule has 100 valence electrons. The van der Waals surface area contributed by atoms with E-state index in [1.807, 2.05) is 72.8 Å². The number of furan rings is 1. The number of rotatable bonds is 4. The fourth-order valence-corrected chi connectivity index (χ4v) is 2.28.